The van der Waals surface area contributed by atoms with E-state index in [4.69, 9.17) is 0 Å². The van der Waals surface area contributed by atoms with Crippen molar-refractivity contribution in [1.82, 2.24) is 0 Å². The van der Waals surface area contributed by atoms with Gasteiger partial charge in [-0.05, 0) is 72.9 Å². The van der Waals surface area contributed by atoms with Crippen LogP contribution in [0.1, 0.15) is 93.7 Å². The van der Waals surface area contributed by atoms with Gasteiger partial charge in [0.15, 0.2) is 12.1 Å². The fourth-order valence-corrected chi connectivity index (χ4v) is 4.72. The summed E-state index contributed by atoms with van der Waals surface area (Å²) in [6.45, 7) is 14.7. The number of aryl methyl sites for hydroxylation is 4. The van der Waals surface area contributed by atoms with Gasteiger partial charge < -0.3 is 0 Å². The van der Waals surface area contributed by atoms with Crippen LogP contribution < -0.4 is 0 Å². The van der Waals surface area contributed by atoms with Crippen LogP contribution in [0.4, 0.5) is 0 Å². The zero-order valence-corrected chi connectivity index (χ0v) is 21.5. The van der Waals surface area contributed by atoms with Crippen molar-refractivity contribution in [1.29, 1.82) is 0 Å². The predicted octanol–water partition coefficient (Wildman–Crippen LogP) is 6.66. The van der Waals surface area contributed by atoms with Crippen molar-refractivity contribution in [3.8, 4) is 0 Å². The predicted molar refractivity (Wildman–Crippen MR) is 136 cm³/mol. The maximum atomic E-state index is 12.4. The average Bonchev–Trinajstić information content (AvgIpc) is 2.78. The summed E-state index contributed by atoms with van der Waals surface area (Å²) < 4.78 is 0. The van der Waals surface area contributed by atoms with E-state index in [0.29, 0.717) is 24.9 Å². The van der Waals surface area contributed by atoms with E-state index in [0.717, 1.165) is 30.4 Å². The first-order valence-corrected chi connectivity index (χ1v) is 12.2. The van der Waals surface area contributed by atoms with Crippen molar-refractivity contribution in [3.05, 3.63) is 69.8 Å². The van der Waals surface area contributed by atoms with Crippen LogP contribution in [-0.4, -0.2) is 17.9 Å². The van der Waals surface area contributed by atoms with E-state index in [2.05, 4.69) is 64.1 Å². The molecule has 0 N–H and O–H groups in total. The summed E-state index contributed by atoms with van der Waals surface area (Å²) in [5.41, 5.74) is 6.95. The quantitative estimate of drug-likeness (QED) is 0.285. The monoisotopic (exact) mass is 448 g/mol. The molecule has 0 saturated carbocycles. The number of hydrogen-bond acceptors (Lipinski definition) is 3. The van der Waals surface area contributed by atoms with Crippen molar-refractivity contribution in [2.45, 2.75) is 92.4 Å². The minimum Gasteiger partial charge on any atom is -0.299 e. The van der Waals surface area contributed by atoms with Gasteiger partial charge in [-0.1, -0.05) is 71.0 Å². The Kier molecular flexibility index (Phi) is 8.94. The van der Waals surface area contributed by atoms with Gasteiger partial charge in [0, 0.05) is 23.7 Å². The van der Waals surface area contributed by atoms with E-state index >= 15 is 0 Å². The van der Waals surface area contributed by atoms with E-state index in [1.807, 2.05) is 20.8 Å². The van der Waals surface area contributed by atoms with Crippen LogP contribution >= 0.6 is 0 Å². The number of ketones is 2. The molecule has 2 rings (SSSR count). The molecular formula is C30H40O3. The van der Waals surface area contributed by atoms with Crippen LogP contribution in [0.3, 0.4) is 0 Å². The van der Waals surface area contributed by atoms with E-state index in [1.54, 1.807) is 0 Å². The summed E-state index contributed by atoms with van der Waals surface area (Å²) in [6, 6.07) is 13.3. The first-order chi connectivity index (χ1) is 15.5. The second-order valence-electron chi connectivity index (χ2n) is 10.3. The summed E-state index contributed by atoms with van der Waals surface area (Å²) in [4.78, 5) is 34.4. The molecule has 0 heterocycles. The molecule has 0 radical (unpaired) electrons. The molecule has 0 aliphatic carbocycles. The summed E-state index contributed by atoms with van der Waals surface area (Å²) in [6.07, 6.45) is 4.57. The Morgan fingerprint density at radius 2 is 1.24 bits per heavy atom. The van der Waals surface area contributed by atoms with Gasteiger partial charge in [-0.3, -0.25) is 14.4 Å². The Bertz CT molecular complexity index is 1000. The molecule has 0 aliphatic heterocycles. The lowest BCUT2D eigenvalue weighted by Crippen LogP contribution is -2.26. The Hall–Kier alpha value is -2.55. The zero-order valence-electron chi connectivity index (χ0n) is 21.5. The Morgan fingerprint density at radius 3 is 1.61 bits per heavy atom. The van der Waals surface area contributed by atoms with Crippen molar-refractivity contribution >= 4 is 17.9 Å². The number of hydrogen-bond donors (Lipinski definition) is 0. The van der Waals surface area contributed by atoms with Gasteiger partial charge >= 0.3 is 0 Å². The van der Waals surface area contributed by atoms with Crippen LogP contribution in [0.25, 0.3) is 0 Å². The summed E-state index contributed by atoms with van der Waals surface area (Å²) >= 11 is 0. The average molecular weight is 449 g/mol. The molecule has 2 aromatic rings. The largest absolute Gasteiger partial charge is 0.299 e. The van der Waals surface area contributed by atoms with Gasteiger partial charge in [0.1, 0.15) is 5.78 Å². The van der Waals surface area contributed by atoms with Crippen molar-refractivity contribution in [2.24, 2.45) is 5.41 Å². The van der Waals surface area contributed by atoms with Crippen molar-refractivity contribution in [2.75, 3.05) is 0 Å². The fraction of sp³-hybridized carbons (Fsp3) is 0.500. The maximum absolute atomic E-state index is 12.4. The molecule has 3 heteroatoms. The first-order valence-electron chi connectivity index (χ1n) is 12.2. The molecule has 0 aromatic heterocycles. The Balaban J connectivity index is 2.34. The van der Waals surface area contributed by atoms with Crippen molar-refractivity contribution < 1.29 is 14.4 Å². The molecule has 0 spiro atoms. The number of aldehydes is 1. The SMILES string of the molecule is CCC(CC)(c1ccc(CCC(=O)C=O)c(C)c1)c1ccc(CCC(=O)C(C)(C)C)c(C)c1. The highest BCUT2D eigenvalue weighted by molar-refractivity contribution is 6.24. The molecule has 0 fully saturated rings. The Morgan fingerprint density at radius 1 is 0.788 bits per heavy atom. The lowest BCUT2D eigenvalue weighted by Gasteiger charge is -2.34. The maximum Gasteiger partial charge on any atom is 0.195 e. The van der Waals surface area contributed by atoms with Crippen LogP contribution in [-0.2, 0) is 32.6 Å². The normalized spacial score (nSPS) is 12.0. The molecule has 33 heavy (non-hydrogen) atoms. The van der Waals surface area contributed by atoms with Crippen LogP contribution in [0.5, 0.6) is 0 Å². The topological polar surface area (TPSA) is 51.2 Å². The van der Waals surface area contributed by atoms with Crippen molar-refractivity contribution in [3.63, 3.8) is 0 Å². The third kappa shape index (κ3) is 6.28. The zero-order chi connectivity index (χ0) is 24.8. The molecule has 178 valence electrons. The fourth-order valence-electron chi connectivity index (χ4n) is 4.72. The van der Waals surface area contributed by atoms with E-state index in [-0.39, 0.29) is 23.0 Å². The molecule has 2 aromatic carbocycles. The summed E-state index contributed by atoms with van der Waals surface area (Å²) in [5.74, 6) is -0.0532. The number of rotatable bonds is 11. The summed E-state index contributed by atoms with van der Waals surface area (Å²) in [7, 11) is 0. The van der Waals surface area contributed by atoms with Crippen LogP contribution in [0, 0.1) is 19.3 Å². The highest BCUT2D eigenvalue weighted by Gasteiger charge is 2.31. The molecular weight excluding hydrogens is 408 g/mol. The minimum absolute atomic E-state index is 0.0908. The van der Waals surface area contributed by atoms with E-state index in [9.17, 15) is 14.4 Å². The van der Waals surface area contributed by atoms with Gasteiger partial charge in [0.05, 0.1) is 0 Å². The molecule has 0 saturated heterocycles. The smallest absolute Gasteiger partial charge is 0.195 e. The van der Waals surface area contributed by atoms with Gasteiger partial charge in [0.25, 0.3) is 0 Å². The highest BCUT2D eigenvalue weighted by atomic mass is 16.2. The number of benzene rings is 2. The molecule has 0 aliphatic rings. The number of carbonyl (C=O) groups is 3. The number of carbonyl (C=O) groups excluding carboxylic acids is 3. The van der Waals surface area contributed by atoms with Crippen LogP contribution in [0.2, 0.25) is 0 Å². The molecule has 0 amide bonds. The second-order valence-corrected chi connectivity index (χ2v) is 10.3. The lowest BCUT2D eigenvalue weighted by molar-refractivity contribution is -0.129. The minimum atomic E-state index is -0.352. The lowest BCUT2D eigenvalue weighted by atomic mass is 9.69. The third-order valence-corrected chi connectivity index (χ3v) is 7.23. The van der Waals surface area contributed by atoms with E-state index in [1.165, 1.54) is 22.3 Å². The van der Waals surface area contributed by atoms with Crippen LogP contribution in [0.15, 0.2) is 36.4 Å². The van der Waals surface area contributed by atoms with Gasteiger partial charge in [-0.15, -0.1) is 0 Å². The second kappa shape index (κ2) is 11.0. The third-order valence-electron chi connectivity index (χ3n) is 7.23. The number of Topliss-reactive ketones (excluding diaryl/α,β-unsaturated/α-hetero) is 2. The molecule has 0 bridgehead atoms. The molecule has 0 unspecified atom stereocenters. The summed E-state index contributed by atoms with van der Waals surface area (Å²) in [5, 5.41) is 0. The van der Waals surface area contributed by atoms with Gasteiger partial charge in [0.2, 0.25) is 0 Å². The first kappa shape index (κ1) is 26.7. The van der Waals surface area contributed by atoms with Gasteiger partial charge in [-0.25, -0.2) is 0 Å². The molecule has 0 atom stereocenters. The molecule has 3 nitrogen and oxygen atoms in total. The highest BCUT2D eigenvalue weighted by Crippen LogP contribution is 2.40. The Labute approximate surface area is 200 Å². The van der Waals surface area contributed by atoms with E-state index < -0.39 is 0 Å². The standard InChI is InChI=1S/C30H40O3/c1-8-30(9-2,25-14-10-23(21(3)18-25)12-16-27(32)20-31)26-15-11-24(22(4)19-26)13-17-28(33)29(5,6)7/h10-11,14-15,18-20H,8-9,12-13,16-17H2,1-7H3. The van der Waals surface area contributed by atoms with Gasteiger partial charge in [-0.2, -0.15) is 0 Å².